The van der Waals surface area contributed by atoms with E-state index in [0.29, 0.717) is 0 Å². The van der Waals surface area contributed by atoms with Crippen LogP contribution in [-0.4, -0.2) is 22.5 Å². The minimum atomic E-state index is -0.723. The number of amides is 1. The highest BCUT2D eigenvalue weighted by molar-refractivity contribution is 5.95. The number of hydrogen-bond acceptors (Lipinski definition) is 4. The first-order valence-corrected chi connectivity index (χ1v) is 4.71. The number of carbonyl (C=O) groups is 1. The van der Waals surface area contributed by atoms with Gasteiger partial charge in [0.15, 0.2) is 5.75 Å². The van der Waals surface area contributed by atoms with Crippen molar-refractivity contribution >= 4 is 11.6 Å². The predicted octanol–water partition coefficient (Wildman–Crippen LogP) is 1.05. The fourth-order valence-electron chi connectivity index (χ4n) is 1.13. The fourth-order valence-corrected chi connectivity index (χ4v) is 1.13. The van der Waals surface area contributed by atoms with Crippen molar-refractivity contribution in [2.45, 2.75) is 6.92 Å². The van der Waals surface area contributed by atoms with Crippen LogP contribution in [0.1, 0.15) is 17.3 Å². The lowest BCUT2D eigenvalue weighted by Crippen LogP contribution is -2.23. The topological polar surface area (TPSA) is 92.5 Å². The molecule has 0 spiro atoms. The first-order valence-electron chi connectivity index (χ1n) is 4.71. The smallest absolute Gasteiger partial charge is 0.310 e. The number of aromatic hydroxyl groups is 1. The Hall–Kier alpha value is -2.55. The molecule has 6 heteroatoms. The molecule has 0 unspecified atom stereocenters. The van der Waals surface area contributed by atoms with Gasteiger partial charge in [-0.3, -0.25) is 14.9 Å². The number of hydrogen-bond donors (Lipinski definition) is 2. The van der Waals surface area contributed by atoms with E-state index in [2.05, 4.69) is 17.2 Å². The Kier molecular flexibility index (Phi) is 4.06. The first kappa shape index (κ1) is 12.5. The fraction of sp³-hybridized carbons (Fsp3) is 0.182. The number of nitro benzene ring substituents is 1. The number of rotatable bonds is 3. The summed E-state index contributed by atoms with van der Waals surface area (Å²) in [5.74, 6) is 4.26. The van der Waals surface area contributed by atoms with Gasteiger partial charge < -0.3 is 10.4 Å². The summed E-state index contributed by atoms with van der Waals surface area (Å²) in [5, 5.41) is 22.3. The summed E-state index contributed by atoms with van der Waals surface area (Å²) in [7, 11) is 0. The molecule has 0 radical (unpaired) electrons. The molecule has 0 heterocycles. The zero-order valence-corrected chi connectivity index (χ0v) is 9.06. The van der Waals surface area contributed by atoms with Gasteiger partial charge in [0.25, 0.3) is 5.91 Å². The van der Waals surface area contributed by atoms with E-state index in [1.807, 2.05) is 0 Å². The van der Waals surface area contributed by atoms with Crippen LogP contribution in [0.25, 0.3) is 0 Å². The number of nitrogens with one attached hydrogen (secondary N) is 1. The summed E-state index contributed by atoms with van der Waals surface area (Å²) in [6.07, 6.45) is 0. The number of nitro groups is 1. The molecule has 0 aliphatic rings. The van der Waals surface area contributed by atoms with Gasteiger partial charge in [-0.1, -0.05) is 5.92 Å². The maximum absolute atomic E-state index is 11.5. The molecule has 0 atom stereocenters. The average Bonchev–Trinajstić information content (AvgIpc) is 2.28. The Morgan fingerprint density at radius 2 is 2.29 bits per heavy atom. The Morgan fingerprint density at radius 1 is 1.59 bits per heavy atom. The van der Waals surface area contributed by atoms with E-state index in [9.17, 15) is 20.0 Å². The van der Waals surface area contributed by atoms with E-state index >= 15 is 0 Å². The SMILES string of the molecule is CC#CCNC(=O)c1ccc([N+](=O)[O-])c(O)c1. The standard InChI is InChI=1S/C11H10N2O4/c1-2-3-6-12-11(15)8-4-5-9(13(16)17)10(14)7-8/h4-5,7,14H,6H2,1H3,(H,12,15). The monoisotopic (exact) mass is 234 g/mol. The Morgan fingerprint density at radius 3 is 2.82 bits per heavy atom. The van der Waals surface area contributed by atoms with Crippen LogP contribution in [0.2, 0.25) is 0 Å². The molecule has 17 heavy (non-hydrogen) atoms. The number of carbonyl (C=O) groups excluding carboxylic acids is 1. The van der Waals surface area contributed by atoms with Crippen molar-refractivity contribution in [1.29, 1.82) is 0 Å². The first-order chi connectivity index (χ1) is 8.06. The normalized spacial score (nSPS) is 9.00. The molecule has 1 rings (SSSR count). The molecule has 1 aromatic carbocycles. The molecule has 0 fully saturated rings. The molecule has 0 aliphatic carbocycles. The van der Waals surface area contributed by atoms with Crippen molar-refractivity contribution < 1.29 is 14.8 Å². The second kappa shape index (κ2) is 5.51. The van der Waals surface area contributed by atoms with Crippen molar-refractivity contribution in [3.8, 4) is 17.6 Å². The lowest BCUT2D eigenvalue weighted by atomic mass is 10.2. The molecule has 0 bridgehead atoms. The van der Waals surface area contributed by atoms with Gasteiger partial charge in [-0.05, 0) is 19.1 Å². The van der Waals surface area contributed by atoms with Crippen molar-refractivity contribution in [2.24, 2.45) is 0 Å². The second-order valence-corrected chi connectivity index (χ2v) is 3.07. The molecule has 6 nitrogen and oxygen atoms in total. The molecule has 1 amide bonds. The van der Waals surface area contributed by atoms with Crippen molar-refractivity contribution in [3.63, 3.8) is 0 Å². The summed E-state index contributed by atoms with van der Waals surface area (Å²) in [6, 6.07) is 3.40. The molecule has 0 aliphatic heterocycles. The highest BCUT2D eigenvalue weighted by Crippen LogP contribution is 2.25. The Balaban J connectivity index is 2.85. The Labute approximate surface area is 97.4 Å². The van der Waals surface area contributed by atoms with Crippen molar-refractivity contribution in [1.82, 2.24) is 5.32 Å². The van der Waals surface area contributed by atoms with Crippen LogP contribution < -0.4 is 5.32 Å². The van der Waals surface area contributed by atoms with Gasteiger partial charge in [0.05, 0.1) is 11.5 Å². The highest BCUT2D eigenvalue weighted by atomic mass is 16.6. The quantitative estimate of drug-likeness (QED) is 0.464. The van der Waals surface area contributed by atoms with E-state index in [4.69, 9.17) is 0 Å². The molecule has 88 valence electrons. The number of benzene rings is 1. The van der Waals surface area contributed by atoms with Crippen LogP contribution in [0.5, 0.6) is 5.75 Å². The maximum atomic E-state index is 11.5. The van der Waals surface area contributed by atoms with E-state index < -0.39 is 22.3 Å². The van der Waals surface area contributed by atoms with Gasteiger partial charge in [0.1, 0.15) is 0 Å². The minimum Gasteiger partial charge on any atom is -0.502 e. The van der Waals surface area contributed by atoms with Crippen LogP contribution in [0.15, 0.2) is 18.2 Å². The molecule has 0 saturated carbocycles. The van der Waals surface area contributed by atoms with Crippen LogP contribution >= 0.6 is 0 Å². The zero-order chi connectivity index (χ0) is 12.8. The predicted molar refractivity (Wildman–Crippen MR) is 60.5 cm³/mol. The summed E-state index contributed by atoms with van der Waals surface area (Å²) >= 11 is 0. The van der Waals surface area contributed by atoms with Crippen LogP contribution in [0.3, 0.4) is 0 Å². The number of nitrogens with zero attached hydrogens (tertiary/aromatic N) is 1. The van der Waals surface area contributed by atoms with Crippen molar-refractivity contribution in [2.75, 3.05) is 6.54 Å². The van der Waals surface area contributed by atoms with E-state index in [-0.39, 0.29) is 12.1 Å². The van der Waals surface area contributed by atoms with Crippen LogP contribution in [0.4, 0.5) is 5.69 Å². The molecule has 0 aromatic heterocycles. The lowest BCUT2D eigenvalue weighted by molar-refractivity contribution is -0.385. The molecular formula is C11H10N2O4. The Bertz CT molecular complexity index is 514. The number of phenolic OH excluding ortho intramolecular Hbond substituents is 1. The lowest BCUT2D eigenvalue weighted by Gasteiger charge is -2.02. The van der Waals surface area contributed by atoms with Gasteiger partial charge in [-0.2, -0.15) is 0 Å². The number of phenols is 1. The third kappa shape index (κ3) is 3.21. The molecular weight excluding hydrogens is 224 g/mol. The summed E-state index contributed by atoms with van der Waals surface area (Å²) in [4.78, 5) is 21.2. The van der Waals surface area contributed by atoms with Gasteiger partial charge >= 0.3 is 5.69 Å². The average molecular weight is 234 g/mol. The minimum absolute atomic E-state index is 0.144. The van der Waals surface area contributed by atoms with E-state index in [1.165, 1.54) is 6.07 Å². The summed E-state index contributed by atoms with van der Waals surface area (Å²) in [5.41, 5.74) is -0.291. The van der Waals surface area contributed by atoms with Crippen LogP contribution in [0, 0.1) is 22.0 Å². The van der Waals surface area contributed by atoms with Gasteiger partial charge in [0, 0.05) is 11.6 Å². The summed E-state index contributed by atoms with van der Waals surface area (Å²) in [6.45, 7) is 1.83. The van der Waals surface area contributed by atoms with Crippen LogP contribution in [-0.2, 0) is 0 Å². The molecule has 2 N–H and O–H groups in total. The zero-order valence-electron chi connectivity index (χ0n) is 9.06. The van der Waals surface area contributed by atoms with Gasteiger partial charge in [-0.25, -0.2) is 0 Å². The third-order valence-electron chi connectivity index (χ3n) is 1.95. The van der Waals surface area contributed by atoms with Gasteiger partial charge in [0.2, 0.25) is 0 Å². The highest BCUT2D eigenvalue weighted by Gasteiger charge is 2.15. The molecule has 0 saturated heterocycles. The van der Waals surface area contributed by atoms with Gasteiger partial charge in [-0.15, -0.1) is 5.92 Å². The maximum Gasteiger partial charge on any atom is 0.310 e. The second-order valence-electron chi connectivity index (χ2n) is 3.07. The third-order valence-corrected chi connectivity index (χ3v) is 1.95. The summed E-state index contributed by atoms with van der Waals surface area (Å²) < 4.78 is 0. The van der Waals surface area contributed by atoms with E-state index in [1.54, 1.807) is 6.92 Å². The largest absolute Gasteiger partial charge is 0.502 e. The van der Waals surface area contributed by atoms with Crippen molar-refractivity contribution in [3.05, 3.63) is 33.9 Å². The van der Waals surface area contributed by atoms with E-state index in [0.717, 1.165) is 12.1 Å². The molecule has 1 aromatic rings.